The lowest BCUT2D eigenvalue weighted by Gasteiger charge is -2.35. The van der Waals surface area contributed by atoms with Gasteiger partial charge in [0.25, 0.3) is 0 Å². The molecule has 0 aromatic heterocycles. The number of ether oxygens (including phenoxy) is 1. The Morgan fingerprint density at radius 2 is 1.75 bits per heavy atom. The molecule has 3 atom stereocenters. The second-order valence-electron chi connectivity index (χ2n) is 6.53. The van der Waals surface area contributed by atoms with Gasteiger partial charge in [0.15, 0.2) is 0 Å². The highest BCUT2D eigenvalue weighted by atomic mass is 16.5. The average Bonchev–Trinajstić information content (AvgIpc) is 2.63. The van der Waals surface area contributed by atoms with E-state index in [1.54, 1.807) is 0 Å². The topological polar surface area (TPSA) is 30.7 Å². The first-order valence-corrected chi connectivity index (χ1v) is 8.87. The summed E-state index contributed by atoms with van der Waals surface area (Å²) in [4.78, 5) is 14.0. The van der Waals surface area contributed by atoms with Gasteiger partial charge in [-0.1, -0.05) is 60.7 Å². The Labute approximate surface area is 144 Å². The van der Waals surface area contributed by atoms with E-state index in [1.807, 2.05) is 13.0 Å². The van der Waals surface area contributed by atoms with Crippen molar-refractivity contribution < 1.29 is 14.4 Å². The molecule has 0 spiro atoms. The zero-order chi connectivity index (χ0) is 16.8. The zero-order valence-corrected chi connectivity index (χ0v) is 14.3. The first-order chi connectivity index (χ1) is 11.8. The number of benzene rings is 2. The fourth-order valence-corrected chi connectivity index (χ4v) is 3.74. The van der Waals surface area contributed by atoms with Crippen LogP contribution in [-0.4, -0.2) is 25.7 Å². The molecule has 1 unspecified atom stereocenters. The van der Waals surface area contributed by atoms with Gasteiger partial charge >= 0.3 is 5.97 Å². The number of esters is 1. The highest BCUT2D eigenvalue weighted by Crippen LogP contribution is 2.29. The molecule has 3 rings (SSSR count). The number of piperidine rings is 1. The molecular weight excluding hydrogens is 298 g/mol. The minimum absolute atomic E-state index is 0.0214. The quantitative estimate of drug-likeness (QED) is 0.857. The SMILES string of the molecule is CCOC(=O)[C@@H]1CC[NH+](Cc2ccccc2)C[C@H]1c1ccccc1. The lowest BCUT2D eigenvalue weighted by molar-refractivity contribution is -0.921. The molecule has 1 heterocycles. The first-order valence-electron chi connectivity index (χ1n) is 8.87. The summed E-state index contributed by atoms with van der Waals surface area (Å²) in [6.07, 6.45) is 0.889. The van der Waals surface area contributed by atoms with Crippen LogP contribution in [0.1, 0.15) is 30.4 Å². The third-order valence-electron chi connectivity index (χ3n) is 4.92. The Bertz CT molecular complexity index is 641. The van der Waals surface area contributed by atoms with Gasteiger partial charge in [-0.15, -0.1) is 0 Å². The Morgan fingerprint density at radius 3 is 2.42 bits per heavy atom. The van der Waals surface area contributed by atoms with Crippen molar-refractivity contribution in [3.05, 3.63) is 71.8 Å². The fourth-order valence-electron chi connectivity index (χ4n) is 3.74. The molecule has 0 aliphatic carbocycles. The predicted molar refractivity (Wildman–Crippen MR) is 94.8 cm³/mol. The van der Waals surface area contributed by atoms with Crippen molar-refractivity contribution in [3.63, 3.8) is 0 Å². The van der Waals surface area contributed by atoms with Gasteiger partial charge in [-0.25, -0.2) is 0 Å². The molecule has 1 N–H and O–H groups in total. The van der Waals surface area contributed by atoms with Crippen LogP contribution in [0.4, 0.5) is 0 Å². The monoisotopic (exact) mass is 324 g/mol. The molecule has 126 valence electrons. The molecule has 1 fully saturated rings. The molecule has 1 saturated heterocycles. The molecule has 24 heavy (non-hydrogen) atoms. The molecule has 2 aromatic carbocycles. The highest BCUT2D eigenvalue weighted by Gasteiger charge is 2.38. The van der Waals surface area contributed by atoms with Crippen molar-refractivity contribution in [2.24, 2.45) is 5.92 Å². The van der Waals surface area contributed by atoms with Gasteiger partial charge in [0.1, 0.15) is 6.54 Å². The third-order valence-corrected chi connectivity index (χ3v) is 4.92. The summed E-state index contributed by atoms with van der Waals surface area (Å²) in [5, 5.41) is 0. The molecule has 0 bridgehead atoms. The van der Waals surface area contributed by atoms with E-state index in [0.29, 0.717) is 6.61 Å². The average molecular weight is 324 g/mol. The van der Waals surface area contributed by atoms with Crippen LogP contribution in [-0.2, 0) is 16.1 Å². The van der Waals surface area contributed by atoms with Crippen molar-refractivity contribution in [1.29, 1.82) is 0 Å². The molecule has 0 radical (unpaired) electrons. The Morgan fingerprint density at radius 1 is 1.08 bits per heavy atom. The van der Waals surface area contributed by atoms with Crippen LogP contribution in [0.2, 0.25) is 0 Å². The van der Waals surface area contributed by atoms with Crippen molar-refractivity contribution in [1.82, 2.24) is 0 Å². The van der Waals surface area contributed by atoms with Crippen LogP contribution in [0, 0.1) is 5.92 Å². The Kier molecular flexibility index (Phi) is 5.65. The minimum Gasteiger partial charge on any atom is -0.466 e. The van der Waals surface area contributed by atoms with E-state index in [1.165, 1.54) is 16.0 Å². The number of rotatable bonds is 5. The van der Waals surface area contributed by atoms with Crippen molar-refractivity contribution in [3.8, 4) is 0 Å². The number of hydrogen-bond donors (Lipinski definition) is 1. The van der Waals surface area contributed by atoms with Crippen LogP contribution in [0.3, 0.4) is 0 Å². The smallest absolute Gasteiger partial charge is 0.310 e. The summed E-state index contributed by atoms with van der Waals surface area (Å²) in [5.41, 5.74) is 2.61. The second-order valence-corrected chi connectivity index (χ2v) is 6.53. The summed E-state index contributed by atoms with van der Waals surface area (Å²) in [6.45, 7) is 5.34. The maximum Gasteiger partial charge on any atom is 0.310 e. The van der Waals surface area contributed by atoms with Crippen LogP contribution in [0.5, 0.6) is 0 Å². The van der Waals surface area contributed by atoms with Crippen LogP contribution >= 0.6 is 0 Å². The molecule has 0 amide bonds. The van der Waals surface area contributed by atoms with Crippen molar-refractivity contribution in [2.45, 2.75) is 25.8 Å². The first kappa shape index (κ1) is 16.7. The van der Waals surface area contributed by atoms with Gasteiger partial charge in [0.2, 0.25) is 0 Å². The lowest BCUT2D eigenvalue weighted by Crippen LogP contribution is -3.12. The third kappa shape index (κ3) is 4.04. The zero-order valence-electron chi connectivity index (χ0n) is 14.3. The van der Waals surface area contributed by atoms with Gasteiger partial charge in [-0.3, -0.25) is 4.79 Å². The van der Waals surface area contributed by atoms with Crippen molar-refractivity contribution in [2.75, 3.05) is 19.7 Å². The molecule has 2 aromatic rings. The fraction of sp³-hybridized carbons (Fsp3) is 0.381. The van der Waals surface area contributed by atoms with E-state index in [9.17, 15) is 4.79 Å². The number of carbonyl (C=O) groups is 1. The standard InChI is InChI=1S/C21H25NO2/c1-2-24-21(23)19-13-14-22(15-17-9-5-3-6-10-17)16-20(19)18-11-7-4-8-12-18/h3-12,19-20H,2,13-16H2,1H3/p+1/t19-,20+/m1/s1. The number of quaternary nitrogens is 1. The van der Waals surface area contributed by atoms with Crippen LogP contribution in [0.25, 0.3) is 0 Å². The summed E-state index contributed by atoms with van der Waals surface area (Å²) >= 11 is 0. The maximum absolute atomic E-state index is 12.4. The molecular formula is C21H26NO2+. The largest absolute Gasteiger partial charge is 0.466 e. The maximum atomic E-state index is 12.4. The number of nitrogens with one attached hydrogen (secondary N) is 1. The van der Waals surface area contributed by atoms with E-state index in [2.05, 4.69) is 54.6 Å². The summed E-state index contributed by atoms with van der Waals surface area (Å²) in [5.74, 6) is 0.176. The van der Waals surface area contributed by atoms with E-state index in [4.69, 9.17) is 4.74 Å². The van der Waals surface area contributed by atoms with E-state index >= 15 is 0 Å². The minimum atomic E-state index is -0.0369. The van der Waals surface area contributed by atoms with Crippen LogP contribution in [0.15, 0.2) is 60.7 Å². The summed E-state index contributed by atoms with van der Waals surface area (Å²) in [7, 11) is 0. The molecule has 0 saturated carbocycles. The van der Waals surface area contributed by atoms with E-state index in [0.717, 1.165) is 26.1 Å². The van der Waals surface area contributed by atoms with E-state index < -0.39 is 0 Å². The highest BCUT2D eigenvalue weighted by molar-refractivity contribution is 5.73. The molecule has 3 heteroatoms. The van der Waals surface area contributed by atoms with Gasteiger partial charge < -0.3 is 9.64 Å². The number of hydrogen-bond acceptors (Lipinski definition) is 2. The van der Waals surface area contributed by atoms with Crippen LogP contribution < -0.4 is 4.90 Å². The Hall–Kier alpha value is -2.13. The van der Waals surface area contributed by atoms with Gasteiger partial charge in [0, 0.05) is 17.9 Å². The van der Waals surface area contributed by atoms with Gasteiger partial charge in [0.05, 0.1) is 25.6 Å². The lowest BCUT2D eigenvalue weighted by atomic mass is 9.80. The predicted octanol–water partition coefficient (Wildman–Crippen LogP) is 2.44. The Balaban J connectivity index is 1.76. The summed E-state index contributed by atoms with van der Waals surface area (Å²) in [6, 6.07) is 21.0. The van der Waals surface area contributed by atoms with Crippen molar-refractivity contribution >= 4 is 5.97 Å². The second kappa shape index (κ2) is 8.11. The normalized spacial score (nSPS) is 23.6. The molecule has 3 nitrogen and oxygen atoms in total. The number of likely N-dealkylation sites (tertiary alicyclic amines) is 1. The molecule has 1 aliphatic heterocycles. The van der Waals surface area contributed by atoms with E-state index in [-0.39, 0.29) is 17.8 Å². The molecule has 1 aliphatic rings. The van der Waals surface area contributed by atoms with Gasteiger partial charge in [-0.05, 0) is 12.5 Å². The van der Waals surface area contributed by atoms with Gasteiger partial charge in [-0.2, -0.15) is 0 Å². The summed E-state index contributed by atoms with van der Waals surface area (Å²) < 4.78 is 5.34. The number of carbonyl (C=O) groups excluding carboxylic acids is 1.